The highest BCUT2D eigenvalue weighted by Gasteiger charge is 2.25. The van der Waals surface area contributed by atoms with Crippen molar-refractivity contribution in [3.8, 4) is 16.9 Å². The highest BCUT2D eigenvalue weighted by Crippen LogP contribution is 2.26. The molecule has 7 heteroatoms. The van der Waals surface area contributed by atoms with E-state index in [9.17, 15) is 9.59 Å². The first kappa shape index (κ1) is 26.6. The minimum atomic E-state index is -0.277. The maximum absolute atomic E-state index is 13.3. The van der Waals surface area contributed by atoms with Crippen molar-refractivity contribution in [2.24, 2.45) is 5.92 Å². The molecule has 1 aromatic heterocycles. The van der Waals surface area contributed by atoms with Gasteiger partial charge in [0.05, 0.1) is 11.8 Å². The largest absolute Gasteiger partial charge is 0.376 e. The number of ether oxygens (including phenoxy) is 1. The topological polar surface area (TPSA) is 76.5 Å². The quantitative estimate of drug-likeness (QED) is 0.388. The van der Waals surface area contributed by atoms with Gasteiger partial charge in [0.1, 0.15) is 6.54 Å². The number of benzene rings is 2. The molecule has 0 radical (unpaired) electrons. The second-order valence-electron chi connectivity index (χ2n) is 10.5. The lowest BCUT2D eigenvalue weighted by Gasteiger charge is -2.25. The van der Waals surface area contributed by atoms with Crippen LogP contribution < -0.4 is 5.32 Å². The number of nitrogens with zero attached hydrogens (tertiary/aromatic N) is 3. The average molecular weight is 503 g/mol. The van der Waals surface area contributed by atoms with Gasteiger partial charge >= 0.3 is 0 Å². The Bertz CT molecular complexity index is 1180. The van der Waals surface area contributed by atoms with Gasteiger partial charge in [-0.25, -0.2) is 4.98 Å². The molecule has 0 spiro atoms. The van der Waals surface area contributed by atoms with Crippen LogP contribution in [-0.2, 0) is 14.3 Å². The molecule has 3 aromatic rings. The Balaban J connectivity index is 1.58. The molecular formula is C30H38N4O3. The molecule has 0 saturated carbocycles. The van der Waals surface area contributed by atoms with E-state index < -0.39 is 0 Å². The molecule has 2 amide bonds. The molecule has 1 atom stereocenters. The van der Waals surface area contributed by atoms with E-state index in [0.717, 1.165) is 29.8 Å². The molecule has 1 fully saturated rings. The van der Waals surface area contributed by atoms with Crippen LogP contribution in [0.3, 0.4) is 0 Å². The Labute approximate surface area is 219 Å². The number of carbonyl (C=O) groups excluding carboxylic acids is 2. The van der Waals surface area contributed by atoms with Gasteiger partial charge in [-0.2, -0.15) is 0 Å². The van der Waals surface area contributed by atoms with Crippen molar-refractivity contribution < 1.29 is 14.3 Å². The van der Waals surface area contributed by atoms with E-state index in [-0.39, 0.29) is 30.4 Å². The lowest BCUT2D eigenvalue weighted by Crippen LogP contribution is -2.42. The van der Waals surface area contributed by atoms with E-state index in [1.807, 2.05) is 67.1 Å². The average Bonchev–Trinajstić information content (AvgIpc) is 3.54. The minimum Gasteiger partial charge on any atom is -0.376 e. The Morgan fingerprint density at radius 3 is 2.43 bits per heavy atom. The summed E-state index contributed by atoms with van der Waals surface area (Å²) in [6, 6.07) is 18.2. The van der Waals surface area contributed by atoms with Crippen LogP contribution in [0.5, 0.6) is 0 Å². The van der Waals surface area contributed by atoms with Gasteiger partial charge in [0.2, 0.25) is 17.8 Å². The summed E-state index contributed by atoms with van der Waals surface area (Å²) in [6.45, 7) is 9.44. The molecule has 0 unspecified atom stereocenters. The van der Waals surface area contributed by atoms with Gasteiger partial charge in [-0.3, -0.25) is 19.5 Å². The first-order chi connectivity index (χ1) is 17.8. The molecule has 2 aromatic carbocycles. The fourth-order valence-corrected chi connectivity index (χ4v) is 4.54. The molecule has 2 heterocycles. The van der Waals surface area contributed by atoms with E-state index in [1.54, 1.807) is 4.90 Å². The van der Waals surface area contributed by atoms with Crippen molar-refractivity contribution in [1.29, 1.82) is 0 Å². The second kappa shape index (κ2) is 12.2. The van der Waals surface area contributed by atoms with Crippen molar-refractivity contribution in [1.82, 2.24) is 14.5 Å². The monoisotopic (exact) mass is 502 g/mol. The van der Waals surface area contributed by atoms with E-state index in [4.69, 9.17) is 9.72 Å². The summed E-state index contributed by atoms with van der Waals surface area (Å²) < 4.78 is 7.65. The van der Waals surface area contributed by atoms with Crippen molar-refractivity contribution in [3.63, 3.8) is 0 Å². The lowest BCUT2D eigenvalue weighted by molar-refractivity contribution is -0.136. The van der Waals surface area contributed by atoms with Crippen molar-refractivity contribution >= 4 is 17.8 Å². The number of aromatic nitrogens is 2. The molecule has 4 rings (SSSR count). The number of nitrogens with one attached hydrogen (secondary N) is 1. The molecule has 196 valence electrons. The van der Waals surface area contributed by atoms with Crippen LogP contribution in [0.2, 0.25) is 0 Å². The Kier molecular flexibility index (Phi) is 8.77. The SMILES string of the molecule is CC(C)CC(=O)N(CC(=O)Nc1nc(-c2ccccc2)cn1-c1ccc(C(C)C)cc1)C[C@@H]1CCCO1. The van der Waals surface area contributed by atoms with Gasteiger partial charge in [0, 0.05) is 37.0 Å². The second-order valence-corrected chi connectivity index (χ2v) is 10.5. The zero-order valence-electron chi connectivity index (χ0n) is 22.3. The summed E-state index contributed by atoms with van der Waals surface area (Å²) in [6.07, 6.45) is 4.20. The zero-order valence-corrected chi connectivity index (χ0v) is 22.3. The molecule has 1 aliphatic rings. The summed E-state index contributed by atoms with van der Waals surface area (Å²) in [5.41, 5.74) is 3.87. The van der Waals surface area contributed by atoms with E-state index >= 15 is 0 Å². The Morgan fingerprint density at radius 1 is 1.08 bits per heavy atom. The molecule has 1 N–H and O–H groups in total. The number of hydrogen-bond acceptors (Lipinski definition) is 4. The van der Waals surface area contributed by atoms with E-state index in [1.165, 1.54) is 5.56 Å². The first-order valence-electron chi connectivity index (χ1n) is 13.2. The van der Waals surface area contributed by atoms with Gasteiger partial charge in [-0.15, -0.1) is 0 Å². The van der Waals surface area contributed by atoms with Crippen LogP contribution >= 0.6 is 0 Å². The number of anilines is 1. The highest BCUT2D eigenvalue weighted by atomic mass is 16.5. The van der Waals surface area contributed by atoms with Crippen molar-refractivity contribution in [2.45, 2.75) is 59.0 Å². The molecule has 37 heavy (non-hydrogen) atoms. The van der Waals surface area contributed by atoms with Gasteiger partial charge < -0.3 is 9.64 Å². The fourth-order valence-electron chi connectivity index (χ4n) is 4.54. The molecule has 0 aliphatic carbocycles. The van der Waals surface area contributed by atoms with Crippen LogP contribution in [0.25, 0.3) is 16.9 Å². The molecular weight excluding hydrogens is 464 g/mol. The zero-order chi connectivity index (χ0) is 26.4. The number of hydrogen-bond donors (Lipinski definition) is 1. The number of rotatable bonds is 10. The van der Waals surface area contributed by atoms with Gasteiger partial charge in [-0.05, 0) is 42.4 Å². The van der Waals surface area contributed by atoms with Gasteiger partial charge in [0.15, 0.2) is 0 Å². The molecule has 1 aliphatic heterocycles. The number of imidazole rings is 1. The number of carbonyl (C=O) groups is 2. The van der Waals surface area contributed by atoms with Crippen molar-refractivity contribution in [3.05, 3.63) is 66.4 Å². The maximum atomic E-state index is 13.3. The third kappa shape index (κ3) is 7.07. The van der Waals surface area contributed by atoms with Crippen LogP contribution in [0, 0.1) is 5.92 Å². The molecule has 7 nitrogen and oxygen atoms in total. The normalized spacial score (nSPS) is 15.4. The van der Waals surface area contributed by atoms with E-state index in [0.29, 0.717) is 31.4 Å². The van der Waals surface area contributed by atoms with Crippen LogP contribution in [-0.4, -0.2) is 52.1 Å². The maximum Gasteiger partial charge on any atom is 0.246 e. The lowest BCUT2D eigenvalue weighted by atomic mass is 10.0. The van der Waals surface area contributed by atoms with Gasteiger partial charge in [0.25, 0.3) is 0 Å². The third-order valence-corrected chi connectivity index (χ3v) is 6.58. The summed E-state index contributed by atoms with van der Waals surface area (Å²) in [4.78, 5) is 32.6. The van der Waals surface area contributed by atoms with Crippen LogP contribution in [0.1, 0.15) is 58.4 Å². The minimum absolute atomic E-state index is 0.0185. The van der Waals surface area contributed by atoms with Crippen molar-refractivity contribution in [2.75, 3.05) is 25.0 Å². The Hall–Kier alpha value is -3.45. The van der Waals surface area contributed by atoms with Crippen LogP contribution in [0.4, 0.5) is 5.95 Å². The molecule has 0 bridgehead atoms. The van der Waals surface area contributed by atoms with Crippen LogP contribution in [0.15, 0.2) is 60.8 Å². The predicted octanol–water partition coefficient (Wildman–Crippen LogP) is 5.65. The van der Waals surface area contributed by atoms with E-state index in [2.05, 4.69) is 31.3 Å². The smallest absolute Gasteiger partial charge is 0.246 e. The standard InChI is InChI=1S/C30H38N4O3/c1-21(2)17-29(36)33(18-26-11-8-16-37-26)20-28(35)32-30-31-27(24-9-6-5-7-10-24)19-34(30)25-14-12-23(13-15-25)22(3)4/h5-7,9-10,12-15,19,21-22,26H,8,11,16-18,20H2,1-4H3,(H,31,32,35)/t26-/m0/s1. The summed E-state index contributed by atoms with van der Waals surface area (Å²) in [5, 5.41) is 2.98. The third-order valence-electron chi connectivity index (χ3n) is 6.58. The highest BCUT2D eigenvalue weighted by molar-refractivity contribution is 5.94. The summed E-state index contributed by atoms with van der Waals surface area (Å²) in [7, 11) is 0. The molecule has 1 saturated heterocycles. The summed E-state index contributed by atoms with van der Waals surface area (Å²) >= 11 is 0. The number of amides is 2. The van der Waals surface area contributed by atoms with Gasteiger partial charge in [-0.1, -0.05) is 70.2 Å². The summed E-state index contributed by atoms with van der Waals surface area (Å²) in [5.74, 6) is 0.755. The Morgan fingerprint density at radius 2 is 1.81 bits per heavy atom. The predicted molar refractivity (Wildman–Crippen MR) is 147 cm³/mol. The first-order valence-corrected chi connectivity index (χ1v) is 13.2. The fraction of sp³-hybridized carbons (Fsp3) is 0.433.